The second-order valence-electron chi connectivity index (χ2n) is 6.24. The summed E-state index contributed by atoms with van der Waals surface area (Å²) in [5.74, 6) is -0.411. The second kappa shape index (κ2) is 8.49. The largest absolute Gasteiger partial charge is 0.416 e. The molecule has 1 fully saturated rings. The van der Waals surface area contributed by atoms with Crippen molar-refractivity contribution >= 4 is 5.91 Å². The van der Waals surface area contributed by atoms with Crippen LogP contribution in [0.1, 0.15) is 27.5 Å². The standard InChI is InChI=1S/C19H20F3N3O2/c20-19(21,22)16-5-3-14(4-6-16)18(26)24-13-17(15-2-1-7-23-12-15)25-8-10-27-11-9-25/h1-7,12,17H,8-11,13H2,(H,24,26). The number of morpholine rings is 1. The van der Waals surface area contributed by atoms with Gasteiger partial charge in [0.05, 0.1) is 24.8 Å². The monoisotopic (exact) mass is 379 g/mol. The van der Waals surface area contributed by atoms with Crippen LogP contribution in [0, 0.1) is 0 Å². The summed E-state index contributed by atoms with van der Waals surface area (Å²) in [4.78, 5) is 18.7. The molecule has 0 saturated carbocycles. The number of amides is 1. The third-order valence-electron chi connectivity index (χ3n) is 4.49. The first kappa shape index (κ1) is 19.3. The molecular formula is C19H20F3N3O2. The van der Waals surface area contributed by atoms with Crippen molar-refractivity contribution in [3.63, 3.8) is 0 Å². The predicted molar refractivity (Wildman–Crippen MR) is 93.1 cm³/mol. The van der Waals surface area contributed by atoms with Crippen molar-refractivity contribution in [1.29, 1.82) is 0 Å². The lowest BCUT2D eigenvalue weighted by atomic mass is 10.1. The van der Waals surface area contributed by atoms with Gasteiger partial charge >= 0.3 is 6.18 Å². The highest BCUT2D eigenvalue weighted by Crippen LogP contribution is 2.29. The van der Waals surface area contributed by atoms with Crippen LogP contribution in [-0.4, -0.2) is 48.6 Å². The Hall–Kier alpha value is -2.45. The van der Waals surface area contributed by atoms with Crippen molar-refractivity contribution < 1.29 is 22.7 Å². The maximum absolute atomic E-state index is 12.6. The number of carbonyl (C=O) groups excluding carboxylic acids is 1. The average molecular weight is 379 g/mol. The van der Waals surface area contributed by atoms with Crippen molar-refractivity contribution in [3.05, 3.63) is 65.5 Å². The van der Waals surface area contributed by atoms with E-state index in [0.717, 1.165) is 30.8 Å². The molecule has 1 aliphatic rings. The number of hydrogen-bond acceptors (Lipinski definition) is 4. The van der Waals surface area contributed by atoms with Gasteiger partial charge in [-0.3, -0.25) is 14.7 Å². The number of carbonyl (C=O) groups is 1. The SMILES string of the molecule is O=C(NCC(c1cccnc1)N1CCOCC1)c1ccc(C(F)(F)F)cc1. The van der Waals surface area contributed by atoms with E-state index in [2.05, 4.69) is 15.2 Å². The molecule has 1 aliphatic heterocycles. The summed E-state index contributed by atoms with van der Waals surface area (Å²) >= 11 is 0. The molecular weight excluding hydrogens is 359 g/mol. The highest BCUT2D eigenvalue weighted by Gasteiger charge is 2.30. The van der Waals surface area contributed by atoms with Gasteiger partial charge in [-0.25, -0.2) is 0 Å². The summed E-state index contributed by atoms with van der Waals surface area (Å²) < 4.78 is 43.3. The number of ether oxygens (including phenoxy) is 1. The molecule has 1 saturated heterocycles. The first-order chi connectivity index (χ1) is 12.9. The predicted octanol–water partition coefficient (Wildman–Crippen LogP) is 2.90. The number of pyridine rings is 1. The van der Waals surface area contributed by atoms with Crippen molar-refractivity contribution in [1.82, 2.24) is 15.2 Å². The summed E-state index contributed by atoms with van der Waals surface area (Å²) in [5.41, 5.74) is 0.377. The van der Waals surface area contributed by atoms with E-state index in [1.165, 1.54) is 12.1 Å². The maximum atomic E-state index is 12.6. The van der Waals surface area contributed by atoms with Gasteiger partial charge in [-0.1, -0.05) is 6.07 Å². The van der Waals surface area contributed by atoms with E-state index in [0.29, 0.717) is 19.8 Å². The second-order valence-corrected chi connectivity index (χ2v) is 6.24. The normalized spacial score (nSPS) is 16.7. The summed E-state index contributed by atoms with van der Waals surface area (Å²) in [6.07, 6.45) is -0.984. The lowest BCUT2D eigenvalue weighted by molar-refractivity contribution is -0.137. The van der Waals surface area contributed by atoms with Crippen molar-refractivity contribution in [2.45, 2.75) is 12.2 Å². The van der Waals surface area contributed by atoms with Gasteiger partial charge in [0.1, 0.15) is 0 Å². The van der Waals surface area contributed by atoms with Gasteiger partial charge in [0.2, 0.25) is 0 Å². The van der Waals surface area contributed by atoms with Crippen molar-refractivity contribution in [2.75, 3.05) is 32.8 Å². The zero-order valence-corrected chi connectivity index (χ0v) is 14.6. The molecule has 1 aromatic heterocycles. The highest BCUT2D eigenvalue weighted by atomic mass is 19.4. The van der Waals surface area contributed by atoms with E-state index in [9.17, 15) is 18.0 Å². The first-order valence-corrected chi connectivity index (χ1v) is 8.62. The third kappa shape index (κ3) is 5.05. The molecule has 8 heteroatoms. The fraction of sp³-hybridized carbons (Fsp3) is 0.368. The zero-order valence-electron chi connectivity index (χ0n) is 14.6. The lowest BCUT2D eigenvalue weighted by Crippen LogP contribution is -2.43. The number of aromatic nitrogens is 1. The number of halogens is 3. The van der Waals surface area contributed by atoms with Gasteiger partial charge in [-0.05, 0) is 35.9 Å². The van der Waals surface area contributed by atoms with E-state index in [1.807, 2.05) is 12.1 Å². The molecule has 2 aromatic rings. The lowest BCUT2D eigenvalue weighted by Gasteiger charge is -2.34. The Balaban J connectivity index is 1.68. The van der Waals surface area contributed by atoms with E-state index in [1.54, 1.807) is 12.4 Å². The minimum atomic E-state index is -4.42. The van der Waals surface area contributed by atoms with Gasteiger partial charge in [0.15, 0.2) is 0 Å². The maximum Gasteiger partial charge on any atom is 0.416 e. The van der Waals surface area contributed by atoms with Crippen LogP contribution >= 0.6 is 0 Å². The Bertz CT molecular complexity index is 745. The van der Waals surface area contributed by atoms with E-state index < -0.39 is 17.6 Å². The van der Waals surface area contributed by atoms with E-state index in [-0.39, 0.29) is 11.6 Å². The third-order valence-corrected chi connectivity index (χ3v) is 4.49. The fourth-order valence-electron chi connectivity index (χ4n) is 3.02. The molecule has 1 atom stereocenters. The van der Waals surface area contributed by atoms with Crippen LogP contribution < -0.4 is 5.32 Å². The Morgan fingerprint density at radius 3 is 2.48 bits per heavy atom. The minimum absolute atomic E-state index is 0.0824. The molecule has 3 rings (SSSR count). The molecule has 144 valence electrons. The van der Waals surface area contributed by atoms with Gasteiger partial charge in [0.25, 0.3) is 5.91 Å². The quantitative estimate of drug-likeness (QED) is 0.868. The van der Waals surface area contributed by atoms with Gasteiger partial charge in [0, 0.05) is 37.6 Å². The highest BCUT2D eigenvalue weighted by molar-refractivity contribution is 5.94. The Morgan fingerprint density at radius 1 is 1.19 bits per heavy atom. The number of benzene rings is 1. The smallest absolute Gasteiger partial charge is 0.379 e. The van der Waals surface area contributed by atoms with E-state index >= 15 is 0 Å². The number of alkyl halides is 3. The van der Waals surface area contributed by atoms with Gasteiger partial charge in [-0.2, -0.15) is 13.2 Å². The first-order valence-electron chi connectivity index (χ1n) is 8.62. The molecule has 0 bridgehead atoms. The van der Waals surface area contributed by atoms with Gasteiger partial charge in [-0.15, -0.1) is 0 Å². The van der Waals surface area contributed by atoms with Crippen LogP contribution in [0.4, 0.5) is 13.2 Å². The summed E-state index contributed by atoms with van der Waals surface area (Å²) in [6, 6.07) is 7.89. The molecule has 0 spiro atoms. The minimum Gasteiger partial charge on any atom is -0.379 e. The van der Waals surface area contributed by atoms with E-state index in [4.69, 9.17) is 4.74 Å². The molecule has 0 aliphatic carbocycles. The average Bonchev–Trinajstić information content (AvgIpc) is 2.69. The molecule has 1 unspecified atom stereocenters. The van der Waals surface area contributed by atoms with Crippen molar-refractivity contribution in [2.24, 2.45) is 0 Å². The number of nitrogens with one attached hydrogen (secondary N) is 1. The topological polar surface area (TPSA) is 54.5 Å². The Labute approximate surface area is 155 Å². The molecule has 2 heterocycles. The molecule has 0 radical (unpaired) electrons. The molecule has 5 nitrogen and oxygen atoms in total. The van der Waals surface area contributed by atoms with Crippen molar-refractivity contribution in [3.8, 4) is 0 Å². The van der Waals surface area contributed by atoms with Crippen LogP contribution in [0.5, 0.6) is 0 Å². The zero-order chi connectivity index (χ0) is 19.3. The van der Waals surface area contributed by atoms with Crippen LogP contribution in [-0.2, 0) is 10.9 Å². The summed E-state index contributed by atoms with van der Waals surface area (Å²) in [5, 5.41) is 2.82. The number of rotatable bonds is 5. The molecule has 27 heavy (non-hydrogen) atoms. The Morgan fingerprint density at radius 2 is 1.89 bits per heavy atom. The summed E-state index contributed by atoms with van der Waals surface area (Å²) in [7, 11) is 0. The molecule has 1 aromatic carbocycles. The van der Waals surface area contributed by atoms with Gasteiger partial charge < -0.3 is 10.1 Å². The van der Waals surface area contributed by atoms with Crippen LogP contribution in [0.2, 0.25) is 0 Å². The number of nitrogens with zero attached hydrogens (tertiary/aromatic N) is 2. The van der Waals surface area contributed by atoms with Crippen LogP contribution in [0.15, 0.2) is 48.8 Å². The molecule has 1 amide bonds. The summed E-state index contributed by atoms with van der Waals surface area (Å²) in [6.45, 7) is 3.02. The number of hydrogen-bond donors (Lipinski definition) is 1. The Kier molecular flexibility index (Phi) is 6.08. The van der Waals surface area contributed by atoms with Crippen LogP contribution in [0.25, 0.3) is 0 Å². The van der Waals surface area contributed by atoms with Crippen LogP contribution in [0.3, 0.4) is 0 Å². The fourth-order valence-corrected chi connectivity index (χ4v) is 3.02. The molecule has 1 N–H and O–H groups in total.